The molecule has 0 saturated heterocycles. The summed E-state index contributed by atoms with van der Waals surface area (Å²) in [7, 11) is 0. The lowest BCUT2D eigenvalue weighted by Gasteiger charge is -2.16. The minimum atomic E-state index is -1.26. The molecule has 2 aromatic rings. The first kappa shape index (κ1) is 14.4. The number of benzene rings is 2. The van der Waals surface area contributed by atoms with Gasteiger partial charge in [0.1, 0.15) is 11.6 Å². The first-order chi connectivity index (χ1) is 9.47. The molecule has 0 aliphatic carbocycles. The number of nitrogens with one attached hydrogen (secondary N) is 1. The highest BCUT2D eigenvalue weighted by atomic mass is 19.2. The standard InChI is InChI=1S/C15H13F4N/c1-9(6-10-4-2-3-5-12(10)17)20-14-8-11(16)7-13(18)15(14)19/h2-5,7-9,20H,6H2,1H3. The molecular formula is C15H13F4N. The van der Waals surface area contributed by atoms with Crippen LogP contribution in [-0.2, 0) is 6.42 Å². The molecule has 1 atom stereocenters. The summed E-state index contributed by atoms with van der Waals surface area (Å²) in [5.41, 5.74) is 0.177. The fraction of sp³-hybridized carbons (Fsp3) is 0.200. The Bertz CT molecular complexity index is 613. The van der Waals surface area contributed by atoms with Crippen molar-refractivity contribution in [1.29, 1.82) is 0 Å². The maximum Gasteiger partial charge on any atom is 0.182 e. The van der Waals surface area contributed by atoms with Crippen LogP contribution in [0.4, 0.5) is 23.2 Å². The summed E-state index contributed by atoms with van der Waals surface area (Å²) in [4.78, 5) is 0. The molecule has 5 heteroatoms. The van der Waals surface area contributed by atoms with Crippen LogP contribution in [0.2, 0.25) is 0 Å². The zero-order valence-electron chi connectivity index (χ0n) is 10.8. The van der Waals surface area contributed by atoms with Crippen molar-refractivity contribution in [3.63, 3.8) is 0 Å². The van der Waals surface area contributed by atoms with Crippen molar-refractivity contribution in [3.05, 3.63) is 65.2 Å². The lowest BCUT2D eigenvalue weighted by molar-refractivity contribution is 0.496. The van der Waals surface area contributed by atoms with Crippen molar-refractivity contribution in [2.24, 2.45) is 0 Å². The van der Waals surface area contributed by atoms with Crippen LogP contribution in [0.25, 0.3) is 0 Å². The van der Waals surface area contributed by atoms with Crippen molar-refractivity contribution in [3.8, 4) is 0 Å². The Morgan fingerprint density at radius 3 is 2.40 bits per heavy atom. The molecule has 1 nitrogen and oxygen atoms in total. The summed E-state index contributed by atoms with van der Waals surface area (Å²) in [5, 5.41) is 2.65. The van der Waals surface area contributed by atoms with E-state index in [4.69, 9.17) is 0 Å². The van der Waals surface area contributed by atoms with Gasteiger partial charge in [0.25, 0.3) is 0 Å². The van der Waals surface area contributed by atoms with Gasteiger partial charge in [-0.2, -0.15) is 0 Å². The SMILES string of the molecule is CC(Cc1ccccc1F)Nc1cc(F)cc(F)c1F. The highest BCUT2D eigenvalue weighted by Gasteiger charge is 2.14. The second-order valence-corrected chi connectivity index (χ2v) is 4.59. The van der Waals surface area contributed by atoms with E-state index in [0.29, 0.717) is 11.6 Å². The molecule has 2 rings (SSSR count). The van der Waals surface area contributed by atoms with Crippen LogP contribution in [0.1, 0.15) is 12.5 Å². The third-order valence-corrected chi connectivity index (χ3v) is 2.88. The van der Waals surface area contributed by atoms with Crippen LogP contribution in [0.15, 0.2) is 36.4 Å². The predicted octanol–water partition coefficient (Wildman–Crippen LogP) is 4.29. The smallest absolute Gasteiger partial charge is 0.182 e. The summed E-state index contributed by atoms with van der Waals surface area (Å²) in [6.07, 6.45) is 0.268. The van der Waals surface area contributed by atoms with Crippen molar-refractivity contribution in [1.82, 2.24) is 0 Å². The highest BCUT2D eigenvalue weighted by molar-refractivity contribution is 5.46. The normalized spacial score (nSPS) is 12.2. The monoisotopic (exact) mass is 283 g/mol. The van der Waals surface area contributed by atoms with Crippen molar-refractivity contribution in [2.45, 2.75) is 19.4 Å². The molecule has 1 unspecified atom stereocenters. The molecule has 0 spiro atoms. The van der Waals surface area contributed by atoms with Gasteiger partial charge in [0.05, 0.1) is 5.69 Å². The fourth-order valence-electron chi connectivity index (χ4n) is 1.97. The summed E-state index contributed by atoms with van der Waals surface area (Å²) in [6.45, 7) is 1.68. The highest BCUT2D eigenvalue weighted by Crippen LogP contribution is 2.21. The first-order valence-corrected chi connectivity index (χ1v) is 6.12. The molecule has 0 fully saturated rings. The third-order valence-electron chi connectivity index (χ3n) is 2.88. The van der Waals surface area contributed by atoms with E-state index < -0.39 is 17.5 Å². The Balaban J connectivity index is 2.13. The van der Waals surface area contributed by atoms with E-state index in [0.717, 1.165) is 6.07 Å². The fourth-order valence-corrected chi connectivity index (χ4v) is 1.97. The van der Waals surface area contributed by atoms with Gasteiger partial charge in [0.15, 0.2) is 11.6 Å². The van der Waals surface area contributed by atoms with Crippen LogP contribution >= 0.6 is 0 Å². The Kier molecular flexibility index (Phi) is 4.27. The molecule has 0 bridgehead atoms. The van der Waals surface area contributed by atoms with Crippen LogP contribution in [0.3, 0.4) is 0 Å². The molecule has 106 valence electrons. The van der Waals surface area contributed by atoms with Gasteiger partial charge in [-0.3, -0.25) is 0 Å². The van der Waals surface area contributed by atoms with Gasteiger partial charge in [0.2, 0.25) is 0 Å². The summed E-state index contributed by atoms with van der Waals surface area (Å²) < 4.78 is 53.1. The summed E-state index contributed by atoms with van der Waals surface area (Å²) >= 11 is 0. The lowest BCUT2D eigenvalue weighted by atomic mass is 10.1. The molecule has 0 aromatic heterocycles. The van der Waals surface area contributed by atoms with Crippen molar-refractivity contribution in [2.75, 3.05) is 5.32 Å². The quantitative estimate of drug-likeness (QED) is 0.652. The number of anilines is 1. The number of hydrogen-bond acceptors (Lipinski definition) is 1. The maximum absolute atomic E-state index is 13.5. The van der Waals surface area contributed by atoms with E-state index in [1.807, 2.05) is 0 Å². The molecule has 0 radical (unpaired) electrons. The zero-order valence-corrected chi connectivity index (χ0v) is 10.8. The van der Waals surface area contributed by atoms with Crippen LogP contribution < -0.4 is 5.32 Å². The zero-order chi connectivity index (χ0) is 14.7. The Morgan fingerprint density at radius 1 is 1.00 bits per heavy atom. The van der Waals surface area contributed by atoms with Crippen molar-refractivity contribution < 1.29 is 17.6 Å². The first-order valence-electron chi connectivity index (χ1n) is 6.12. The van der Waals surface area contributed by atoms with E-state index in [-0.39, 0.29) is 24.0 Å². The van der Waals surface area contributed by atoms with Gasteiger partial charge in [-0.1, -0.05) is 18.2 Å². The summed E-state index contributed by atoms with van der Waals surface area (Å²) in [6, 6.07) is 7.15. The van der Waals surface area contributed by atoms with Gasteiger partial charge in [-0.15, -0.1) is 0 Å². The van der Waals surface area contributed by atoms with E-state index in [9.17, 15) is 17.6 Å². The second-order valence-electron chi connectivity index (χ2n) is 4.59. The maximum atomic E-state index is 13.5. The predicted molar refractivity (Wildman–Crippen MR) is 69.5 cm³/mol. The van der Waals surface area contributed by atoms with E-state index in [2.05, 4.69) is 5.32 Å². The van der Waals surface area contributed by atoms with Crippen molar-refractivity contribution >= 4 is 5.69 Å². The third kappa shape index (κ3) is 3.29. The largest absolute Gasteiger partial charge is 0.380 e. The Morgan fingerprint density at radius 2 is 1.70 bits per heavy atom. The number of halogens is 4. The second kappa shape index (κ2) is 5.94. The van der Waals surface area contributed by atoms with Gasteiger partial charge < -0.3 is 5.32 Å². The minimum absolute atomic E-state index is 0.268. The average molecular weight is 283 g/mol. The van der Waals surface area contributed by atoms with E-state index >= 15 is 0 Å². The molecule has 0 heterocycles. The van der Waals surface area contributed by atoms with Crippen LogP contribution in [0, 0.1) is 23.3 Å². The molecule has 1 N–H and O–H groups in total. The minimum Gasteiger partial charge on any atom is -0.380 e. The van der Waals surface area contributed by atoms with Gasteiger partial charge in [-0.05, 0) is 25.0 Å². The number of rotatable bonds is 4. The van der Waals surface area contributed by atoms with Crippen LogP contribution in [-0.4, -0.2) is 6.04 Å². The molecule has 20 heavy (non-hydrogen) atoms. The van der Waals surface area contributed by atoms with Gasteiger partial charge >= 0.3 is 0 Å². The lowest BCUT2D eigenvalue weighted by Crippen LogP contribution is -2.20. The molecule has 0 saturated carbocycles. The Labute approximate surface area is 114 Å². The molecule has 0 amide bonds. The molecule has 0 aliphatic rings. The molecule has 0 aliphatic heterocycles. The Hall–Kier alpha value is -2.04. The molecular weight excluding hydrogens is 270 g/mol. The van der Waals surface area contributed by atoms with Crippen LogP contribution in [0.5, 0.6) is 0 Å². The molecule has 2 aromatic carbocycles. The topological polar surface area (TPSA) is 12.0 Å². The van der Waals surface area contributed by atoms with Gasteiger partial charge in [-0.25, -0.2) is 17.6 Å². The average Bonchev–Trinajstić information content (AvgIpc) is 2.38. The van der Waals surface area contributed by atoms with E-state index in [1.165, 1.54) is 6.07 Å². The number of hydrogen-bond donors (Lipinski definition) is 1. The summed E-state index contributed by atoms with van der Waals surface area (Å²) in [5.74, 6) is -3.64. The van der Waals surface area contributed by atoms with Gasteiger partial charge in [0, 0.05) is 18.2 Å². The van der Waals surface area contributed by atoms with E-state index in [1.54, 1.807) is 25.1 Å².